The van der Waals surface area contributed by atoms with Crippen molar-refractivity contribution in [3.63, 3.8) is 0 Å². The highest BCUT2D eigenvalue weighted by atomic mass is 32.2. The normalized spacial score (nSPS) is 13.2. The molecule has 0 radical (unpaired) electrons. The number of para-hydroxylation sites is 1. The van der Waals surface area contributed by atoms with Gasteiger partial charge in [0.25, 0.3) is 11.5 Å². The van der Waals surface area contributed by atoms with E-state index in [9.17, 15) is 23.1 Å². The number of aromatic hydroxyl groups is 1. The van der Waals surface area contributed by atoms with Crippen LogP contribution in [0.1, 0.15) is 5.56 Å². The number of anilines is 5. The van der Waals surface area contributed by atoms with Crippen LogP contribution in [0.3, 0.4) is 0 Å². The van der Waals surface area contributed by atoms with Gasteiger partial charge in [0.15, 0.2) is 0 Å². The Morgan fingerprint density at radius 2 is 1.90 bits per heavy atom. The molecule has 2 aromatic carbocycles. The van der Waals surface area contributed by atoms with Gasteiger partial charge in [-0.25, -0.2) is 18.1 Å². The molecule has 0 saturated carbocycles. The summed E-state index contributed by atoms with van der Waals surface area (Å²) in [7, 11) is -0.397. The van der Waals surface area contributed by atoms with Crippen LogP contribution in [-0.4, -0.2) is 54.1 Å². The Hall–Kier alpha value is -4.75. The number of fused-ring (bicyclic) bond motifs is 2. The number of carbonyl (C=O) groups excluding carboxylic acids is 1. The quantitative estimate of drug-likeness (QED) is 0.289. The maximum absolute atomic E-state index is 13.5. The lowest BCUT2D eigenvalue weighted by Crippen LogP contribution is -2.43. The van der Waals surface area contributed by atoms with Crippen molar-refractivity contribution in [3.05, 3.63) is 83.3 Å². The molecule has 0 unspecified atom stereocenters. The molecule has 1 amide bonds. The van der Waals surface area contributed by atoms with Gasteiger partial charge in [0, 0.05) is 37.4 Å². The third-order valence-corrected chi connectivity index (χ3v) is 7.98. The minimum atomic E-state index is -3.38. The zero-order valence-corrected chi connectivity index (χ0v) is 22.6. The summed E-state index contributed by atoms with van der Waals surface area (Å²) in [4.78, 5) is 38.1. The van der Waals surface area contributed by atoms with Crippen molar-refractivity contribution in [1.82, 2.24) is 19.3 Å². The number of phenolic OH excluding ortho intramolecular Hbond substituents is 1. The molecule has 0 aliphatic carbocycles. The maximum atomic E-state index is 13.5. The standard InChI is InChI=1S/C27H27N7O5S/c1-4-23(36)34-13-12-33(20-6-5-7-22(35)24(20)34)21-14-18-15-29-27(31-25(18)32(3)26(21)37)30-19-10-8-17(9-11-19)16-40(38,39)28-2/h4-11,14-15,28,35H,1,12-13,16H2,2-3H3,(H,29,30,31). The summed E-state index contributed by atoms with van der Waals surface area (Å²) in [6.07, 6.45) is 2.79. The van der Waals surface area contributed by atoms with Gasteiger partial charge in [-0.15, -0.1) is 0 Å². The Bertz CT molecular complexity index is 1800. The number of phenols is 1. The van der Waals surface area contributed by atoms with Gasteiger partial charge in [-0.3, -0.25) is 14.2 Å². The van der Waals surface area contributed by atoms with E-state index in [4.69, 9.17) is 0 Å². The molecule has 0 bridgehead atoms. The lowest BCUT2D eigenvalue weighted by Gasteiger charge is -2.37. The molecule has 3 heterocycles. The van der Waals surface area contributed by atoms with Crippen LogP contribution in [0.5, 0.6) is 5.75 Å². The number of benzene rings is 2. The first-order valence-electron chi connectivity index (χ1n) is 12.3. The van der Waals surface area contributed by atoms with E-state index in [1.807, 2.05) is 0 Å². The molecule has 0 atom stereocenters. The van der Waals surface area contributed by atoms with Crippen molar-refractivity contribution < 1.29 is 18.3 Å². The van der Waals surface area contributed by atoms with Crippen molar-refractivity contribution in [2.75, 3.05) is 35.3 Å². The minimum absolute atomic E-state index is 0.0780. The summed E-state index contributed by atoms with van der Waals surface area (Å²) in [5, 5.41) is 14.3. The number of pyridine rings is 1. The number of sulfonamides is 1. The van der Waals surface area contributed by atoms with Gasteiger partial charge in [-0.1, -0.05) is 24.8 Å². The number of aromatic nitrogens is 3. The molecule has 5 rings (SSSR count). The molecule has 0 fully saturated rings. The summed E-state index contributed by atoms with van der Waals surface area (Å²) >= 11 is 0. The molecule has 0 saturated heterocycles. The largest absolute Gasteiger partial charge is 0.506 e. The number of aryl methyl sites for hydroxylation is 1. The van der Waals surface area contributed by atoms with E-state index >= 15 is 0 Å². The monoisotopic (exact) mass is 561 g/mol. The summed E-state index contributed by atoms with van der Waals surface area (Å²) in [6.45, 7) is 4.11. The summed E-state index contributed by atoms with van der Waals surface area (Å²) in [5.41, 5.74) is 2.54. The molecule has 1 aliphatic heterocycles. The van der Waals surface area contributed by atoms with Gasteiger partial charge in [-0.05, 0) is 49.0 Å². The van der Waals surface area contributed by atoms with Crippen LogP contribution < -0.4 is 25.4 Å². The number of hydrogen-bond acceptors (Lipinski definition) is 9. The van der Waals surface area contributed by atoms with E-state index in [2.05, 4.69) is 26.6 Å². The number of nitrogens with one attached hydrogen (secondary N) is 2. The topological polar surface area (TPSA) is 150 Å². The highest BCUT2D eigenvalue weighted by Gasteiger charge is 2.30. The number of nitrogens with zero attached hydrogens (tertiary/aromatic N) is 5. The molecule has 12 nitrogen and oxygen atoms in total. The van der Waals surface area contributed by atoms with E-state index in [0.29, 0.717) is 45.9 Å². The number of amides is 1. The Morgan fingerprint density at radius 3 is 2.60 bits per heavy atom. The predicted molar refractivity (Wildman–Crippen MR) is 154 cm³/mol. The number of carbonyl (C=O) groups is 1. The molecule has 13 heteroatoms. The molecular formula is C27H27N7O5S. The van der Waals surface area contributed by atoms with Crippen LogP contribution in [0.15, 0.2) is 72.2 Å². The Morgan fingerprint density at radius 1 is 1.15 bits per heavy atom. The molecule has 206 valence electrons. The second-order valence-electron chi connectivity index (χ2n) is 9.14. The van der Waals surface area contributed by atoms with Gasteiger partial charge in [0.2, 0.25) is 16.0 Å². The molecule has 4 aromatic rings. The molecule has 0 spiro atoms. The van der Waals surface area contributed by atoms with Crippen molar-refractivity contribution in [2.24, 2.45) is 7.05 Å². The smallest absolute Gasteiger partial charge is 0.275 e. The Balaban J connectivity index is 1.47. The van der Waals surface area contributed by atoms with Crippen molar-refractivity contribution in [3.8, 4) is 5.75 Å². The fraction of sp³-hybridized carbons (Fsp3) is 0.185. The van der Waals surface area contributed by atoms with Gasteiger partial charge < -0.3 is 20.2 Å². The van der Waals surface area contributed by atoms with E-state index < -0.39 is 10.0 Å². The van der Waals surface area contributed by atoms with Crippen molar-refractivity contribution in [1.29, 1.82) is 0 Å². The third-order valence-electron chi connectivity index (χ3n) is 6.64. The molecule has 1 aliphatic rings. The highest BCUT2D eigenvalue weighted by Crippen LogP contribution is 2.42. The van der Waals surface area contributed by atoms with Crippen LogP contribution in [0.25, 0.3) is 11.0 Å². The maximum Gasteiger partial charge on any atom is 0.275 e. The Labute approximate surface area is 230 Å². The van der Waals surface area contributed by atoms with E-state index in [-0.39, 0.29) is 35.5 Å². The number of hydrogen-bond donors (Lipinski definition) is 3. The van der Waals surface area contributed by atoms with Gasteiger partial charge in [0.1, 0.15) is 22.8 Å². The Kier molecular flexibility index (Phi) is 7.00. The van der Waals surface area contributed by atoms with Gasteiger partial charge >= 0.3 is 0 Å². The van der Waals surface area contributed by atoms with Crippen LogP contribution in [0.2, 0.25) is 0 Å². The lowest BCUT2D eigenvalue weighted by molar-refractivity contribution is -0.114. The van der Waals surface area contributed by atoms with Gasteiger partial charge in [0.05, 0.1) is 11.4 Å². The molecular weight excluding hydrogens is 534 g/mol. The summed E-state index contributed by atoms with van der Waals surface area (Å²) in [5.74, 6) is -0.298. The fourth-order valence-electron chi connectivity index (χ4n) is 4.62. The molecule has 2 aromatic heterocycles. The highest BCUT2D eigenvalue weighted by molar-refractivity contribution is 7.88. The van der Waals surface area contributed by atoms with Crippen molar-refractivity contribution >= 4 is 55.7 Å². The average molecular weight is 562 g/mol. The SMILES string of the molecule is C=CC(=O)N1CCN(c2cc3cnc(Nc4ccc(CS(=O)(=O)NC)cc4)nc3n(C)c2=O)c2cccc(O)c21. The third kappa shape index (κ3) is 4.99. The first-order valence-corrected chi connectivity index (χ1v) is 13.9. The average Bonchev–Trinajstić information content (AvgIpc) is 2.95. The van der Waals surface area contributed by atoms with E-state index in [1.54, 1.807) is 60.6 Å². The summed E-state index contributed by atoms with van der Waals surface area (Å²) < 4.78 is 27.3. The zero-order chi connectivity index (χ0) is 28.6. The first kappa shape index (κ1) is 26.8. The predicted octanol–water partition coefficient (Wildman–Crippen LogP) is 2.50. The zero-order valence-electron chi connectivity index (χ0n) is 21.8. The molecule has 40 heavy (non-hydrogen) atoms. The lowest BCUT2D eigenvalue weighted by atomic mass is 10.1. The van der Waals surface area contributed by atoms with Crippen LogP contribution in [0.4, 0.5) is 28.7 Å². The molecule has 3 N–H and O–H groups in total. The second-order valence-corrected chi connectivity index (χ2v) is 11.1. The van der Waals surface area contributed by atoms with Gasteiger partial charge in [-0.2, -0.15) is 4.98 Å². The first-order chi connectivity index (χ1) is 19.1. The minimum Gasteiger partial charge on any atom is -0.506 e. The van der Waals surface area contributed by atoms with Crippen LogP contribution >= 0.6 is 0 Å². The van der Waals surface area contributed by atoms with Crippen LogP contribution in [0, 0.1) is 0 Å². The van der Waals surface area contributed by atoms with E-state index in [0.717, 1.165) is 0 Å². The second kappa shape index (κ2) is 10.4. The fourth-order valence-corrected chi connectivity index (χ4v) is 5.39. The summed E-state index contributed by atoms with van der Waals surface area (Å²) in [6, 6.07) is 13.4. The van der Waals surface area contributed by atoms with Crippen LogP contribution in [-0.2, 0) is 27.6 Å². The van der Waals surface area contributed by atoms with Crippen molar-refractivity contribution in [2.45, 2.75) is 5.75 Å². The number of rotatable bonds is 7. The van der Waals surface area contributed by atoms with E-state index in [1.165, 1.54) is 28.7 Å².